The number of carbonyl (C=O) groups is 1. The summed E-state index contributed by atoms with van der Waals surface area (Å²) >= 11 is 6.49. The number of halogens is 1. The average Bonchev–Trinajstić information content (AvgIpc) is 3.38. The highest BCUT2D eigenvalue weighted by atomic mass is 35.5. The Balaban J connectivity index is 1.51. The summed E-state index contributed by atoms with van der Waals surface area (Å²) < 4.78 is 3.62. The number of aromatic nitrogens is 3. The smallest absolute Gasteiger partial charge is 0.257 e. The lowest BCUT2D eigenvalue weighted by Crippen LogP contribution is -2.46. The zero-order valence-corrected chi connectivity index (χ0v) is 19.3. The zero-order valence-electron chi connectivity index (χ0n) is 18.5. The summed E-state index contributed by atoms with van der Waals surface area (Å²) in [5.74, 6) is -0.472. The van der Waals surface area contributed by atoms with E-state index in [-0.39, 0.29) is 17.0 Å². The highest BCUT2D eigenvalue weighted by molar-refractivity contribution is 6.35. The van der Waals surface area contributed by atoms with Crippen molar-refractivity contribution in [1.29, 1.82) is 0 Å². The Morgan fingerprint density at radius 1 is 1.12 bits per heavy atom. The first-order valence-corrected chi connectivity index (χ1v) is 11.8. The lowest BCUT2D eigenvalue weighted by molar-refractivity contribution is 0.0716. The molecule has 1 aliphatic carbocycles. The molecule has 0 unspecified atom stereocenters. The Morgan fingerprint density at radius 3 is 2.65 bits per heavy atom. The van der Waals surface area contributed by atoms with Crippen molar-refractivity contribution in [3.63, 3.8) is 0 Å². The second kappa shape index (κ2) is 9.44. The molecule has 0 aliphatic heterocycles. The molecular weight excluding hydrogens is 452 g/mol. The fourth-order valence-electron chi connectivity index (χ4n) is 4.60. The molecule has 0 saturated heterocycles. The standard InChI is InChI=1S/C26H25ClN4O3/c27-21-6-3-5-19-24(21)30(15-17-9-11-18(12-10-17)31-14-4-13-28-31)16-20(25(19)33)26(34)29-22-7-1-2-8-23(22)32/h3-6,9-14,16,22-23,32H,1-2,7-8,15H2,(H,29,34)/t22-,23-/m0/s1. The molecule has 2 aromatic heterocycles. The maximum absolute atomic E-state index is 13.2. The predicted molar refractivity (Wildman–Crippen MR) is 132 cm³/mol. The van der Waals surface area contributed by atoms with Crippen molar-refractivity contribution >= 4 is 28.4 Å². The minimum absolute atomic E-state index is 0.0423. The van der Waals surface area contributed by atoms with Gasteiger partial charge in [0.25, 0.3) is 5.91 Å². The summed E-state index contributed by atoms with van der Waals surface area (Å²) in [6.45, 7) is 0.423. The number of aliphatic hydroxyl groups excluding tert-OH is 1. The molecule has 8 heteroatoms. The Bertz CT molecular complexity index is 1380. The lowest BCUT2D eigenvalue weighted by Gasteiger charge is -2.28. The number of aliphatic hydroxyl groups is 1. The highest BCUT2D eigenvalue weighted by Crippen LogP contribution is 2.24. The summed E-state index contributed by atoms with van der Waals surface area (Å²) in [6.07, 6.45) is 7.80. The van der Waals surface area contributed by atoms with Gasteiger partial charge in [-0.1, -0.05) is 42.6 Å². The van der Waals surface area contributed by atoms with Crippen LogP contribution >= 0.6 is 11.6 Å². The van der Waals surface area contributed by atoms with Crippen molar-refractivity contribution in [2.24, 2.45) is 0 Å². The molecule has 7 nitrogen and oxygen atoms in total. The topological polar surface area (TPSA) is 89.2 Å². The number of rotatable bonds is 5. The van der Waals surface area contributed by atoms with Crippen LogP contribution in [-0.4, -0.2) is 37.5 Å². The summed E-state index contributed by atoms with van der Waals surface area (Å²) in [5.41, 5.74) is 2.17. The fraction of sp³-hybridized carbons (Fsp3) is 0.269. The van der Waals surface area contributed by atoms with Gasteiger partial charge in [-0.3, -0.25) is 9.59 Å². The first-order chi connectivity index (χ1) is 16.5. The Labute approximate surface area is 201 Å². The van der Waals surface area contributed by atoms with Crippen molar-refractivity contribution in [2.75, 3.05) is 0 Å². The number of para-hydroxylation sites is 1. The van der Waals surface area contributed by atoms with Crippen LogP contribution in [0.5, 0.6) is 0 Å². The molecule has 2 N–H and O–H groups in total. The minimum Gasteiger partial charge on any atom is -0.391 e. The van der Waals surface area contributed by atoms with Gasteiger partial charge in [-0.15, -0.1) is 0 Å². The summed E-state index contributed by atoms with van der Waals surface area (Å²) in [4.78, 5) is 26.3. The van der Waals surface area contributed by atoms with Gasteiger partial charge in [0.2, 0.25) is 5.43 Å². The zero-order chi connectivity index (χ0) is 23.7. The van der Waals surface area contributed by atoms with Gasteiger partial charge < -0.3 is 15.0 Å². The molecule has 174 valence electrons. The van der Waals surface area contributed by atoms with Gasteiger partial charge >= 0.3 is 0 Å². The van der Waals surface area contributed by atoms with Gasteiger partial charge in [0.05, 0.1) is 28.4 Å². The number of pyridine rings is 1. The van der Waals surface area contributed by atoms with Crippen molar-refractivity contribution in [2.45, 2.75) is 44.4 Å². The molecule has 2 aromatic carbocycles. The minimum atomic E-state index is -0.594. The van der Waals surface area contributed by atoms with E-state index in [4.69, 9.17) is 11.6 Å². The van der Waals surface area contributed by atoms with Crippen LogP contribution in [-0.2, 0) is 6.54 Å². The summed E-state index contributed by atoms with van der Waals surface area (Å²) in [6, 6.07) is 14.5. The fourth-order valence-corrected chi connectivity index (χ4v) is 4.88. The third kappa shape index (κ3) is 4.36. The van der Waals surface area contributed by atoms with Gasteiger partial charge in [0, 0.05) is 30.5 Å². The number of fused-ring (bicyclic) bond motifs is 1. The van der Waals surface area contributed by atoms with Crippen LogP contribution in [0.1, 0.15) is 41.6 Å². The predicted octanol–water partition coefficient (Wildman–Crippen LogP) is 3.92. The molecule has 2 heterocycles. The first kappa shape index (κ1) is 22.4. The molecule has 4 aromatic rings. The van der Waals surface area contributed by atoms with E-state index in [0.29, 0.717) is 35.3 Å². The van der Waals surface area contributed by atoms with E-state index in [9.17, 15) is 14.7 Å². The number of benzene rings is 2. The molecular formula is C26H25ClN4O3. The van der Waals surface area contributed by atoms with E-state index in [1.54, 1.807) is 35.3 Å². The van der Waals surface area contributed by atoms with Gasteiger partial charge in [-0.25, -0.2) is 4.68 Å². The first-order valence-electron chi connectivity index (χ1n) is 11.4. The highest BCUT2D eigenvalue weighted by Gasteiger charge is 2.26. The Morgan fingerprint density at radius 2 is 1.91 bits per heavy atom. The second-order valence-corrected chi connectivity index (χ2v) is 9.09. The molecule has 1 aliphatic rings. The molecule has 2 atom stereocenters. The Kier molecular flexibility index (Phi) is 6.22. The number of nitrogens with zero attached hydrogens (tertiary/aromatic N) is 3. The molecule has 1 fully saturated rings. The van der Waals surface area contributed by atoms with Crippen molar-refractivity contribution in [3.8, 4) is 5.69 Å². The van der Waals surface area contributed by atoms with E-state index >= 15 is 0 Å². The lowest BCUT2D eigenvalue weighted by atomic mass is 9.92. The third-order valence-electron chi connectivity index (χ3n) is 6.40. The number of carbonyl (C=O) groups excluding carboxylic acids is 1. The van der Waals surface area contributed by atoms with Crippen LogP contribution in [0, 0.1) is 0 Å². The van der Waals surface area contributed by atoms with Crippen molar-refractivity contribution in [3.05, 3.63) is 93.5 Å². The molecule has 0 bridgehead atoms. The van der Waals surface area contributed by atoms with Crippen LogP contribution in [0.4, 0.5) is 0 Å². The molecule has 1 amide bonds. The number of hydrogen-bond acceptors (Lipinski definition) is 4. The normalized spacial score (nSPS) is 18.2. The van der Waals surface area contributed by atoms with E-state index in [1.807, 2.05) is 41.1 Å². The summed E-state index contributed by atoms with van der Waals surface area (Å²) in [7, 11) is 0. The van der Waals surface area contributed by atoms with Crippen LogP contribution in [0.25, 0.3) is 16.6 Å². The van der Waals surface area contributed by atoms with Gasteiger partial charge in [0.15, 0.2) is 0 Å². The molecule has 0 spiro atoms. The number of nitrogens with one attached hydrogen (secondary N) is 1. The summed E-state index contributed by atoms with van der Waals surface area (Å²) in [5, 5.41) is 18.2. The molecule has 0 radical (unpaired) electrons. The molecule has 34 heavy (non-hydrogen) atoms. The van der Waals surface area contributed by atoms with Crippen LogP contribution in [0.15, 0.2) is 71.9 Å². The van der Waals surface area contributed by atoms with Gasteiger partial charge in [0.1, 0.15) is 5.56 Å². The van der Waals surface area contributed by atoms with E-state index in [0.717, 1.165) is 24.1 Å². The Hall–Kier alpha value is -3.42. The van der Waals surface area contributed by atoms with Gasteiger partial charge in [-0.2, -0.15) is 5.10 Å². The van der Waals surface area contributed by atoms with Crippen LogP contribution in [0.2, 0.25) is 5.02 Å². The number of hydrogen-bond donors (Lipinski definition) is 2. The third-order valence-corrected chi connectivity index (χ3v) is 6.70. The maximum Gasteiger partial charge on any atom is 0.257 e. The maximum atomic E-state index is 13.2. The monoisotopic (exact) mass is 476 g/mol. The number of amides is 1. The quantitative estimate of drug-likeness (QED) is 0.457. The average molecular weight is 477 g/mol. The second-order valence-electron chi connectivity index (χ2n) is 8.68. The van der Waals surface area contributed by atoms with Crippen LogP contribution < -0.4 is 10.7 Å². The van der Waals surface area contributed by atoms with E-state index < -0.39 is 12.0 Å². The SMILES string of the molecule is O=C(N[C@H]1CCCC[C@@H]1O)c1cn(Cc2ccc(-n3cccn3)cc2)c2c(Cl)cccc2c1=O. The van der Waals surface area contributed by atoms with Gasteiger partial charge in [-0.05, 0) is 48.7 Å². The van der Waals surface area contributed by atoms with Crippen molar-refractivity contribution in [1.82, 2.24) is 19.7 Å². The molecule has 5 rings (SSSR count). The van der Waals surface area contributed by atoms with E-state index in [2.05, 4.69) is 10.4 Å². The van der Waals surface area contributed by atoms with E-state index in [1.165, 1.54) is 0 Å². The van der Waals surface area contributed by atoms with Crippen molar-refractivity contribution < 1.29 is 9.90 Å². The molecule has 1 saturated carbocycles. The van der Waals surface area contributed by atoms with Crippen LogP contribution in [0.3, 0.4) is 0 Å². The largest absolute Gasteiger partial charge is 0.391 e.